The van der Waals surface area contributed by atoms with Gasteiger partial charge in [-0.2, -0.15) is 8.42 Å². The van der Waals surface area contributed by atoms with Crippen LogP contribution in [0, 0.1) is 0 Å². The summed E-state index contributed by atoms with van der Waals surface area (Å²) in [6.45, 7) is 0. The maximum Gasteiger partial charge on any atom is 0.332 e. The quantitative estimate of drug-likeness (QED) is 0.659. The summed E-state index contributed by atoms with van der Waals surface area (Å²) >= 11 is 0. The molecule has 0 aliphatic heterocycles. The molecule has 0 amide bonds. The molecule has 0 spiro atoms. The highest BCUT2D eigenvalue weighted by atomic mass is 32.2. The van der Waals surface area contributed by atoms with Gasteiger partial charge in [0.25, 0.3) is 10.1 Å². The zero-order valence-corrected chi connectivity index (χ0v) is 9.79. The normalized spacial score (nSPS) is 14.7. The Hall–Kier alpha value is -1.93. The van der Waals surface area contributed by atoms with Crippen LogP contribution in [-0.2, 0) is 24.5 Å². The van der Waals surface area contributed by atoms with Crippen molar-refractivity contribution in [2.45, 2.75) is 11.2 Å². The fourth-order valence-electron chi connectivity index (χ4n) is 1.57. The van der Waals surface area contributed by atoms with Gasteiger partial charge in [0.2, 0.25) is 4.75 Å². The van der Waals surface area contributed by atoms with Crippen molar-refractivity contribution >= 4 is 22.1 Å². The van der Waals surface area contributed by atoms with E-state index >= 15 is 0 Å². The molecule has 0 aromatic heterocycles. The highest BCUT2D eigenvalue weighted by Crippen LogP contribution is 2.34. The topological polar surface area (TPSA) is 129 Å². The van der Waals surface area contributed by atoms with E-state index in [-0.39, 0.29) is 5.56 Å². The maximum atomic E-state index is 11.3. The van der Waals surface area contributed by atoms with E-state index in [0.717, 1.165) is 12.1 Å². The van der Waals surface area contributed by atoms with E-state index in [1.165, 1.54) is 18.2 Å². The van der Waals surface area contributed by atoms with E-state index in [1.807, 2.05) is 0 Å². The summed E-state index contributed by atoms with van der Waals surface area (Å²) < 4.78 is 28.9. The Balaban J connectivity index is 3.60. The molecule has 1 unspecified atom stereocenters. The van der Waals surface area contributed by atoms with E-state index in [0.29, 0.717) is 0 Å². The molecule has 0 saturated heterocycles. The molecule has 1 aromatic rings. The number of hydrogen-bond donors (Lipinski definition) is 3. The lowest BCUT2D eigenvalue weighted by molar-refractivity contribution is -0.147. The summed E-state index contributed by atoms with van der Waals surface area (Å²) in [5, 5.41) is 17.7. The van der Waals surface area contributed by atoms with Crippen molar-refractivity contribution in [2.24, 2.45) is 0 Å². The number of carbonyl (C=O) groups is 2. The molecule has 0 aliphatic rings. The van der Waals surface area contributed by atoms with Gasteiger partial charge < -0.3 is 10.2 Å². The minimum absolute atomic E-state index is 0.317. The molecule has 1 rings (SSSR count). The third kappa shape index (κ3) is 2.34. The van der Waals surface area contributed by atoms with Gasteiger partial charge in [0.1, 0.15) is 0 Å². The number of carboxylic acids is 2. The number of carboxylic acid groups (broad SMARTS) is 2. The molecule has 7 nitrogen and oxygen atoms in total. The molecule has 0 bridgehead atoms. The minimum atomic E-state index is -5.15. The number of hydrogen-bond acceptors (Lipinski definition) is 4. The molecule has 3 N–H and O–H groups in total. The van der Waals surface area contributed by atoms with Crippen LogP contribution >= 0.6 is 0 Å². The zero-order chi connectivity index (χ0) is 14.0. The summed E-state index contributed by atoms with van der Waals surface area (Å²) in [6.07, 6.45) is -1.27. The molecular formula is C10H10O7S. The van der Waals surface area contributed by atoms with Crippen LogP contribution in [-0.4, -0.2) is 35.1 Å². The van der Waals surface area contributed by atoms with Crippen LogP contribution in [0.1, 0.15) is 12.0 Å². The SMILES string of the molecule is O=C(O)CC(C(=O)O)(c1ccccc1)S(=O)(=O)O. The molecule has 0 aliphatic carbocycles. The van der Waals surface area contributed by atoms with Gasteiger partial charge >= 0.3 is 11.9 Å². The summed E-state index contributed by atoms with van der Waals surface area (Å²) in [5.41, 5.74) is -0.317. The molecule has 0 fully saturated rings. The van der Waals surface area contributed by atoms with Crippen molar-refractivity contribution in [3.8, 4) is 0 Å². The first-order valence-electron chi connectivity index (χ1n) is 4.69. The largest absolute Gasteiger partial charge is 0.481 e. The lowest BCUT2D eigenvalue weighted by Gasteiger charge is -2.24. The summed E-state index contributed by atoms with van der Waals surface area (Å²) in [4.78, 5) is 21.9. The molecule has 0 saturated carbocycles. The molecule has 98 valence electrons. The van der Waals surface area contributed by atoms with Gasteiger partial charge in [0, 0.05) is 0 Å². The van der Waals surface area contributed by atoms with Crippen LogP contribution < -0.4 is 0 Å². The monoisotopic (exact) mass is 274 g/mol. The van der Waals surface area contributed by atoms with Crippen LogP contribution in [0.3, 0.4) is 0 Å². The Morgan fingerprint density at radius 2 is 1.61 bits per heavy atom. The lowest BCUT2D eigenvalue weighted by atomic mass is 9.95. The third-order valence-electron chi connectivity index (χ3n) is 2.43. The summed E-state index contributed by atoms with van der Waals surface area (Å²) in [5.74, 6) is -3.60. The highest BCUT2D eigenvalue weighted by Gasteiger charge is 2.54. The van der Waals surface area contributed by atoms with Gasteiger partial charge in [-0.1, -0.05) is 30.3 Å². The van der Waals surface area contributed by atoms with Crippen molar-refractivity contribution in [1.29, 1.82) is 0 Å². The summed E-state index contributed by atoms with van der Waals surface area (Å²) in [6, 6.07) is 6.45. The standard InChI is InChI=1S/C10H10O7S/c11-8(12)6-10(9(13)14,18(15,16)17)7-4-2-1-3-5-7/h1-5H,6H2,(H,11,12)(H,13,14)(H,15,16,17). The molecule has 18 heavy (non-hydrogen) atoms. The Morgan fingerprint density at radius 3 is 1.94 bits per heavy atom. The third-order valence-corrected chi connectivity index (χ3v) is 3.86. The molecule has 0 radical (unpaired) electrons. The van der Waals surface area contributed by atoms with Gasteiger partial charge in [-0.3, -0.25) is 14.1 Å². The van der Waals surface area contributed by atoms with Crippen molar-refractivity contribution < 1.29 is 32.8 Å². The maximum absolute atomic E-state index is 11.3. The van der Waals surface area contributed by atoms with Gasteiger partial charge in [0.15, 0.2) is 0 Å². The van der Waals surface area contributed by atoms with Gasteiger partial charge in [-0.05, 0) is 5.56 Å². The molecular weight excluding hydrogens is 264 g/mol. The lowest BCUT2D eigenvalue weighted by Crippen LogP contribution is -2.45. The van der Waals surface area contributed by atoms with E-state index < -0.39 is 33.2 Å². The molecule has 1 atom stereocenters. The number of rotatable bonds is 5. The van der Waals surface area contributed by atoms with E-state index in [1.54, 1.807) is 0 Å². The Labute approximate surface area is 102 Å². The molecule has 8 heteroatoms. The average molecular weight is 274 g/mol. The smallest absolute Gasteiger partial charge is 0.332 e. The van der Waals surface area contributed by atoms with Crippen LogP contribution in [0.4, 0.5) is 0 Å². The minimum Gasteiger partial charge on any atom is -0.481 e. The van der Waals surface area contributed by atoms with Crippen molar-refractivity contribution in [3.05, 3.63) is 35.9 Å². The molecule has 1 aromatic carbocycles. The van der Waals surface area contributed by atoms with Crippen LogP contribution in [0.5, 0.6) is 0 Å². The second-order valence-corrected chi connectivity index (χ2v) is 5.19. The second-order valence-electron chi connectivity index (χ2n) is 3.54. The fraction of sp³-hybridized carbons (Fsp3) is 0.200. The Morgan fingerprint density at radius 1 is 1.11 bits per heavy atom. The van der Waals surface area contributed by atoms with E-state index in [2.05, 4.69) is 0 Å². The van der Waals surface area contributed by atoms with Crippen LogP contribution in [0.25, 0.3) is 0 Å². The van der Waals surface area contributed by atoms with Gasteiger partial charge in [-0.15, -0.1) is 0 Å². The second kappa shape index (κ2) is 4.75. The van der Waals surface area contributed by atoms with Crippen LogP contribution in [0.2, 0.25) is 0 Å². The molecule has 0 heterocycles. The Kier molecular flexibility index (Phi) is 3.73. The first kappa shape index (κ1) is 14.1. The van der Waals surface area contributed by atoms with Gasteiger partial charge in [0.05, 0.1) is 6.42 Å². The first-order chi connectivity index (χ1) is 8.22. The van der Waals surface area contributed by atoms with Crippen LogP contribution in [0.15, 0.2) is 30.3 Å². The zero-order valence-electron chi connectivity index (χ0n) is 8.98. The average Bonchev–Trinajstić information content (AvgIpc) is 2.24. The highest BCUT2D eigenvalue weighted by molar-refractivity contribution is 7.87. The number of benzene rings is 1. The predicted octanol–water partition coefficient (Wildman–Crippen LogP) is 0.329. The predicted molar refractivity (Wildman–Crippen MR) is 59.6 cm³/mol. The Bertz CT molecular complexity index is 563. The van der Waals surface area contributed by atoms with Crippen molar-refractivity contribution in [1.82, 2.24) is 0 Å². The van der Waals surface area contributed by atoms with Crippen molar-refractivity contribution in [3.63, 3.8) is 0 Å². The number of aliphatic carboxylic acids is 2. The van der Waals surface area contributed by atoms with Crippen molar-refractivity contribution in [2.75, 3.05) is 0 Å². The summed E-state index contributed by atoms with van der Waals surface area (Å²) in [7, 11) is -5.15. The first-order valence-corrected chi connectivity index (χ1v) is 6.13. The fourth-order valence-corrected chi connectivity index (χ4v) is 2.53. The van der Waals surface area contributed by atoms with Gasteiger partial charge in [-0.25, -0.2) is 0 Å². The van der Waals surface area contributed by atoms with E-state index in [9.17, 15) is 18.0 Å². The van der Waals surface area contributed by atoms with E-state index in [4.69, 9.17) is 14.8 Å².